The summed E-state index contributed by atoms with van der Waals surface area (Å²) in [5, 5.41) is 2.39. The van der Waals surface area contributed by atoms with E-state index in [1.54, 1.807) is 14.2 Å². The van der Waals surface area contributed by atoms with Crippen LogP contribution < -0.4 is 14.8 Å². The minimum atomic E-state index is -0.807. The summed E-state index contributed by atoms with van der Waals surface area (Å²) >= 11 is 0. The number of hydrogen-bond donors (Lipinski definition) is 1. The summed E-state index contributed by atoms with van der Waals surface area (Å²) in [4.78, 5) is 14.8. The third kappa shape index (κ3) is 4.29. The van der Waals surface area contributed by atoms with E-state index in [9.17, 15) is 13.6 Å². The van der Waals surface area contributed by atoms with Crippen molar-refractivity contribution in [2.45, 2.75) is 12.5 Å². The van der Waals surface area contributed by atoms with Crippen molar-refractivity contribution < 1.29 is 23.0 Å². The Balaban J connectivity index is 1.67. The maximum atomic E-state index is 14.0. The van der Waals surface area contributed by atoms with Crippen molar-refractivity contribution in [1.29, 1.82) is 0 Å². The third-order valence-corrected chi connectivity index (χ3v) is 5.66. The zero-order chi connectivity index (χ0) is 22.7. The van der Waals surface area contributed by atoms with Crippen LogP contribution in [0, 0.1) is 11.6 Å². The van der Waals surface area contributed by atoms with Gasteiger partial charge in [0.15, 0.2) is 11.5 Å². The molecule has 1 amide bonds. The summed E-state index contributed by atoms with van der Waals surface area (Å²) in [6.07, 6.45) is 0.695. The van der Waals surface area contributed by atoms with Gasteiger partial charge in [0.2, 0.25) is 5.91 Å². The van der Waals surface area contributed by atoms with Gasteiger partial charge >= 0.3 is 0 Å². The molecule has 0 unspecified atom stereocenters. The molecule has 0 saturated carbocycles. The highest BCUT2D eigenvalue weighted by Crippen LogP contribution is 2.40. The molecule has 32 heavy (non-hydrogen) atoms. The van der Waals surface area contributed by atoms with Crippen LogP contribution in [0.3, 0.4) is 0 Å². The summed E-state index contributed by atoms with van der Waals surface area (Å²) in [5.74, 6) is -0.845. The van der Waals surface area contributed by atoms with Crippen molar-refractivity contribution in [3.05, 3.63) is 89.0 Å². The van der Waals surface area contributed by atoms with Crippen LogP contribution in [0.25, 0.3) is 0 Å². The molecular weight excluding hydrogens is 414 g/mol. The summed E-state index contributed by atoms with van der Waals surface area (Å²) in [5.41, 5.74) is 2.68. The van der Waals surface area contributed by atoms with Crippen molar-refractivity contribution >= 4 is 11.6 Å². The topological polar surface area (TPSA) is 50.8 Å². The second-order valence-corrected chi connectivity index (χ2v) is 7.58. The van der Waals surface area contributed by atoms with Crippen molar-refractivity contribution in [2.24, 2.45) is 0 Å². The molecule has 3 aromatic carbocycles. The molecule has 1 aliphatic rings. The fraction of sp³-hybridized carbons (Fsp3) is 0.240. The number of carbonyl (C=O) groups excluding carboxylic acids is 1. The van der Waals surface area contributed by atoms with Gasteiger partial charge in [0, 0.05) is 6.54 Å². The minimum Gasteiger partial charge on any atom is -0.493 e. The molecular formula is C25H24F2N2O3. The van der Waals surface area contributed by atoms with Crippen LogP contribution in [0.4, 0.5) is 14.5 Å². The van der Waals surface area contributed by atoms with Gasteiger partial charge in [-0.2, -0.15) is 0 Å². The van der Waals surface area contributed by atoms with Gasteiger partial charge < -0.3 is 14.8 Å². The average molecular weight is 438 g/mol. The summed E-state index contributed by atoms with van der Waals surface area (Å²) < 4.78 is 38.9. The number of halogens is 2. The number of nitrogens with zero attached hydrogens (tertiary/aromatic N) is 1. The van der Waals surface area contributed by atoms with Gasteiger partial charge in [-0.05, 0) is 47.4 Å². The van der Waals surface area contributed by atoms with Crippen LogP contribution in [-0.4, -0.2) is 38.1 Å². The van der Waals surface area contributed by atoms with Gasteiger partial charge in [-0.3, -0.25) is 9.69 Å². The maximum absolute atomic E-state index is 14.0. The van der Waals surface area contributed by atoms with Crippen LogP contribution in [-0.2, 0) is 11.2 Å². The number of anilines is 1. The molecule has 1 atom stereocenters. The molecule has 0 aliphatic carbocycles. The molecule has 0 radical (unpaired) electrons. The third-order valence-electron chi connectivity index (χ3n) is 5.66. The van der Waals surface area contributed by atoms with E-state index >= 15 is 0 Å². The highest BCUT2D eigenvalue weighted by molar-refractivity contribution is 5.92. The van der Waals surface area contributed by atoms with E-state index in [1.165, 1.54) is 6.07 Å². The first-order valence-corrected chi connectivity index (χ1v) is 10.3. The van der Waals surface area contributed by atoms with E-state index in [1.807, 2.05) is 47.4 Å². The largest absolute Gasteiger partial charge is 0.493 e. The van der Waals surface area contributed by atoms with E-state index in [-0.39, 0.29) is 12.6 Å². The maximum Gasteiger partial charge on any atom is 0.238 e. The standard InChI is InChI=1S/C25H24F2N2O3/c1-31-21-13-17-11-12-29(15-23(30)28-24-19(26)9-6-10-20(24)27)25(16-7-4-3-5-8-16)18(17)14-22(21)32-2/h3-10,13-14,25H,11-12,15H2,1-2H3,(H,28,30)/t25-/m1/s1. The summed E-state index contributed by atoms with van der Waals surface area (Å²) in [6, 6.07) is 17.0. The molecule has 1 N–H and O–H groups in total. The van der Waals surface area contributed by atoms with Crippen molar-refractivity contribution in [3.63, 3.8) is 0 Å². The quantitative estimate of drug-likeness (QED) is 0.613. The number of methoxy groups -OCH3 is 2. The Hall–Kier alpha value is -3.45. The monoisotopic (exact) mass is 438 g/mol. The van der Waals surface area contributed by atoms with E-state index in [0.29, 0.717) is 24.5 Å². The smallest absolute Gasteiger partial charge is 0.238 e. The van der Waals surface area contributed by atoms with Crippen LogP contribution >= 0.6 is 0 Å². The first-order valence-electron chi connectivity index (χ1n) is 10.3. The number of nitrogens with one attached hydrogen (secondary N) is 1. The van der Waals surface area contributed by atoms with Gasteiger partial charge in [-0.15, -0.1) is 0 Å². The van der Waals surface area contributed by atoms with Crippen LogP contribution in [0.1, 0.15) is 22.7 Å². The second kappa shape index (κ2) is 9.36. The summed E-state index contributed by atoms with van der Waals surface area (Å²) in [7, 11) is 3.18. The van der Waals surface area contributed by atoms with E-state index in [2.05, 4.69) is 5.32 Å². The first kappa shape index (κ1) is 21.8. The molecule has 0 saturated heterocycles. The van der Waals surface area contributed by atoms with Gasteiger partial charge in [-0.25, -0.2) is 8.78 Å². The highest BCUT2D eigenvalue weighted by Gasteiger charge is 2.31. The Morgan fingerprint density at radius 1 is 1.00 bits per heavy atom. The lowest BCUT2D eigenvalue weighted by Gasteiger charge is -2.37. The molecule has 1 aliphatic heterocycles. The van der Waals surface area contributed by atoms with E-state index in [4.69, 9.17) is 9.47 Å². The number of hydrogen-bond acceptors (Lipinski definition) is 4. The Labute approximate surface area is 185 Å². The number of para-hydroxylation sites is 1. The lowest BCUT2D eigenvalue weighted by Crippen LogP contribution is -2.41. The van der Waals surface area contributed by atoms with Crippen molar-refractivity contribution in [1.82, 2.24) is 4.90 Å². The molecule has 7 heteroatoms. The van der Waals surface area contributed by atoms with Crippen molar-refractivity contribution in [3.8, 4) is 11.5 Å². The Bertz CT molecular complexity index is 1100. The SMILES string of the molecule is COc1cc2c(cc1OC)[C@@H](c1ccccc1)N(CC(=O)Nc1c(F)cccc1F)CC2. The number of benzene rings is 3. The van der Waals surface area contributed by atoms with Crippen molar-refractivity contribution in [2.75, 3.05) is 32.6 Å². The van der Waals surface area contributed by atoms with Crippen LogP contribution in [0.5, 0.6) is 11.5 Å². The van der Waals surface area contributed by atoms with E-state index < -0.39 is 23.2 Å². The number of fused-ring (bicyclic) bond motifs is 1. The molecule has 1 heterocycles. The molecule has 0 fully saturated rings. The predicted octanol–water partition coefficient (Wildman–Crippen LogP) is 4.57. The van der Waals surface area contributed by atoms with Gasteiger partial charge in [-0.1, -0.05) is 36.4 Å². The summed E-state index contributed by atoms with van der Waals surface area (Å²) in [6.45, 7) is 0.566. The Kier molecular flexibility index (Phi) is 6.37. The minimum absolute atomic E-state index is 0.0267. The fourth-order valence-corrected chi connectivity index (χ4v) is 4.17. The number of carbonyl (C=O) groups is 1. The zero-order valence-electron chi connectivity index (χ0n) is 17.9. The predicted molar refractivity (Wildman–Crippen MR) is 118 cm³/mol. The van der Waals surface area contributed by atoms with E-state index in [0.717, 1.165) is 28.8 Å². The lowest BCUT2D eigenvalue weighted by molar-refractivity contribution is -0.117. The van der Waals surface area contributed by atoms with Crippen LogP contribution in [0.2, 0.25) is 0 Å². The van der Waals surface area contributed by atoms with Gasteiger partial charge in [0.1, 0.15) is 17.3 Å². The Morgan fingerprint density at radius 3 is 2.31 bits per heavy atom. The molecule has 166 valence electrons. The number of rotatable bonds is 6. The molecule has 0 bridgehead atoms. The van der Waals surface area contributed by atoms with Gasteiger partial charge in [0.25, 0.3) is 0 Å². The molecule has 0 aromatic heterocycles. The average Bonchev–Trinajstić information content (AvgIpc) is 2.81. The fourth-order valence-electron chi connectivity index (χ4n) is 4.17. The highest BCUT2D eigenvalue weighted by atomic mass is 19.1. The second-order valence-electron chi connectivity index (χ2n) is 7.58. The molecule has 0 spiro atoms. The molecule has 4 rings (SSSR count). The normalized spacial score (nSPS) is 15.7. The number of amides is 1. The van der Waals surface area contributed by atoms with Crippen LogP contribution in [0.15, 0.2) is 60.7 Å². The van der Waals surface area contributed by atoms with Gasteiger partial charge in [0.05, 0.1) is 26.8 Å². The lowest BCUT2D eigenvalue weighted by atomic mass is 9.87. The zero-order valence-corrected chi connectivity index (χ0v) is 17.9. The Morgan fingerprint density at radius 2 is 1.66 bits per heavy atom. The molecule has 3 aromatic rings. The molecule has 5 nitrogen and oxygen atoms in total. The first-order chi connectivity index (χ1) is 15.5. The number of ether oxygens (including phenoxy) is 2.